The Kier molecular flexibility index (Phi) is 3.58. The third kappa shape index (κ3) is 2.46. The van der Waals surface area contributed by atoms with Gasteiger partial charge >= 0.3 is 5.97 Å². The molecule has 0 aliphatic rings. The molecule has 0 spiro atoms. The first-order valence-electron chi connectivity index (χ1n) is 5.47. The van der Waals surface area contributed by atoms with Crippen molar-refractivity contribution >= 4 is 27.4 Å². The van der Waals surface area contributed by atoms with Crippen molar-refractivity contribution in [3.8, 4) is 17.6 Å². The average molecular weight is 277 g/mol. The van der Waals surface area contributed by atoms with E-state index in [0.717, 1.165) is 16.0 Å². The second kappa shape index (κ2) is 5.16. The summed E-state index contributed by atoms with van der Waals surface area (Å²) < 4.78 is 11.3. The predicted octanol–water partition coefficient (Wildman–Crippen LogP) is 2.90. The van der Waals surface area contributed by atoms with Crippen LogP contribution in [0.1, 0.15) is 16.6 Å². The maximum atomic E-state index is 11.2. The molecule has 1 N–H and O–H groups in total. The first-order chi connectivity index (χ1) is 9.06. The fraction of sp³-hybridized carbons (Fsp3) is 0.231. The van der Waals surface area contributed by atoms with Crippen LogP contribution in [0.15, 0.2) is 18.2 Å². The fourth-order valence-corrected chi connectivity index (χ4v) is 2.60. The zero-order chi connectivity index (χ0) is 14.0. The van der Waals surface area contributed by atoms with E-state index >= 15 is 0 Å². The molecule has 1 atom stereocenters. The number of hydrogen-bond acceptors (Lipinski definition) is 5. The normalized spacial score (nSPS) is 11.8. The van der Waals surface area contributed by atoms with Gasteiger partial charge in [-0.1, -0.05) is 0 Å². The number of nitrogens with zero attached hydrogens (tertiary/aromatic N) is 1. The lowest BCUT2D eigenvalue weighted by atomic mass is 10.2. The minimum absolute atomic E-state index is 0.0883. The van der Waals surface area contributed by atoms with Gasteiger partial charge in [-0.05, 0) is 25.1 Å². The first-order valence-corrected chi connectivity index (χ1v) is 6.28. The van der Waals surface area contributed by atoms with E-state index in [2.05, 4.69) is 0 Å². The molecule has 19 heavy (non-hydrogen) atoms. The molecule has 0 aliphatic heterocycles. The highest BCUT2D eigenvalue weighted by Gasteiger charge is 2.21. The molecule has 2 rings (SSSR count). The van der Waals surface area contributed by atoms with Gasteiger partial charge in [-0.3, -0.25) is 0 Å². The molecule has 1 unspecified atom stereocenters. The van der Waals surface area contributed by atoms with Crippen LogP contribution in [0, 0.1) is 11.3 Å². The minimum Gasteiger partial charge on any atom is -0.497 e. The third-order valence-corrected chi connectivity index (χ3v) is 3.66. The lowest BCUT2D eigenvalue weighted by molar-refractivity contribution is 0.0697. The summed E-state index contributed by atoms with van der Waals surface area (Å²) in [5.41, 5.74) is 0. The van der Waals surface area contributed by atoms with Gasteiger partial charge in [0.25, 0.3) is 0 Å². The number of carbonyl (C=O) groups is 1. The summed E-state index contributed by atoms with van der Waals surface area (Å²) in [6.45, 7) is 1.56. The van der Waals surface area contributed by atoms with Crippen molar-refractivity contribution in [1.82, 2.24) is 0 Å². The van der Waals surface area contributed by atoms with E-state index in [1.807, 2.05) is 6.07 Å². The summed E-state index contributed by atoms with van der Waals surface area (Å²) >= 11 is 1.11. The Bertz CT molecular complexity index is 671. The summed E-state index contributed by atoms with van der Waals surface area (Å²) in [5.74, 6) is -0.238. The number of thiophene rings is 1. The molecule has 0 bridgehead atoms. The van der Waals surface area contributed by atoms with Crippen LogP contribution in [0.2, 0.25) is 0 Å². The number of fused-ring (bicyclic) bond motifs is 1. The first kappa shape index (κ1) is 13.2. The summed E-state index contributed by atoms with van der Waals surface area (Å²) in [6, 6.07) is 7.15. The minimum atomic E-state index is -1.07. The predicted molar refractivity (Wildman–Crippen MR) is 71.0 cm³/mol. The van der Waals surface area contributed by atoms with Crippen LogP contribution in [0.5, 0.6) is 11.5 Å². The van der Waals surface area contributed by atoms with Crippen LogP contribution in [0.3, 0.4) is 0 Å². The molecular weight excluding hydrogens is 266 g/mol. The number of benzene rings is 1. The molecule has 98 valence electrons. The molecule has 0 saturated heterocycles. The van der Waals surface area contributed by atoms with E-state index in [4.69, 9.17) is 14.7 Å². The van der Waals surface area contributed by atoms with Gasteiger partial charge in [0, 0.05) is 10.1 Å². The van der Waals surface area contributed by atoms with E-state index in [9.17, 15) is 9.90 Å². The SMILES string of the molecule is COc1ccc2sc(C(=O)O)c(OC(C)C#N)c2c1. The molecule has 0 amide bonds. The van der Waals surface area contributed by atoms with Crippen molar-refractivity contribution in [3.05, 3.63) is 23.1 Å². The monoisotopic (exact) mass is 277 g/mol. The molecule has 6 heteroatoms. The van der Waals surface area contributed by atoms with Gasteiger partial charge in [0.2, 0.25) is 0 Å². The Balaban J connectivity index is 2.64. The van der Waals surface area contributed by atoms with Gasteiger partial charge in [-0.25, -0.2) is 4.79 Å². The molecule has 0 aliphatic carbocycles. The summed E-state index contributed by atoms with van der Waals surface area (Å²) in [5, 5.41) is 18.6. The Morgan fingerprint density at radius 3 is 2.84 bits per heavy atom. The maximum Gasteiger partial charge on any atom is 0.349 e. The average Bonchev–Trinajstić information content (AvgIpc) is 2.76. The molecule has 1 aromatic carbocycles. The lowest BCUT2D eigenvalue weighted by Gasteiger charge is -2.08. The number of carboxylic acid groups (broad SMARTS) is 1. The number of aromatic carboxylic acids is 1. The van der Waals surface area contributed by atoms with Gasteiger partial charge in [0.1, 0.15) is 11.8 Å². The second-order valence-electron chi connectivity index (χ2n) is 3.82. The number of rotatable bonds is 4. The Hall–Kier alpha value is -2.26. The van der Waals surface area contributed by atoms with Crippen molar-refractivity contribution in [3.63, 3.8) is 0 Å². The topological polar surface area (TPSA) is 79.6 Å². The molecular formula is C13H11NO4S. The number of nitriles is 1. The van der Waals surface area contributed by atoms with Crippen LogP contribution < -0.4 is 9.47 Å². The summed E-state index contributed by atoms with van der Waals surface area (Å²) in [4.78, 5) is 11.3. The molecule has 2 aromatic rings. The van der Waals surface area contributed by atoms with Gasteiger partial charge in [0.05, 0.1) is 7.11 Å². The summed E-state index contributed by atoms with van der Waals surface area (Å²) in [6.07, 6.45) is -0.720. The van der Waals surface area contributed by atoms with E-state index in [1.165, 1.54) is 7.11 Å². The standard InChI is InChI=1S/C13H11NO4S/c1-7(6-14)18-11-9-5-8(17-2)3-4-10(9)19-12(11)13(15)16/h3-5,7H,1-2H3,(H,15,16). The zero-order valence-corrected chi connectivity index (χ0v) is 11.2. The van der Waals surface area contributed by atoms with Crippen LogP contribution >= 0.6 is 11.3 Å². The molecule has 5 nitrogen and oxygen atoms in total. The van der Waals surface area contributed by atoms with E-state index in [-0.39, 0.29) is 10.6 Å². The second-order valence-corrected chi connectivity index (χ2v) is 4.87. The van der Waals surface area contributed by atoms with E-state index in [0.29, 0.717) is 11.1 Å². The Labute approximate surface area is 113 Å². The summed E-state index contributed by atoms with van der Waals surface area (Å²) in [7, 11) is 1.53. The van der Waals surface area contributed by atoms with Crippen LogP contribution in [0.25, 0.3) is 10.1 Å². The molecule has 0 fully saturated rings. The van der Waals surface area contributed by atoms with Crippen LogP contribution in [0.4, 0.5) is 0 Å². The van der Waals surface area contributed by atoms with Crippen LogP contribution in [-0.2, 0) is 0 Å². The molecule has 1 heterocycles. The number of ether oxygens (including phenoxy) is 2. The van der Waals surface area contributed by atoms with Crippen molar-refractivity contribution in [2.45, 2.75) is 13.0 Å². The van der Waals surface area contributed by atoms with Gasteiger partial charge < -0.3 is 14.6 Å². The highest BCUT2D eigenvalue weighted by molar-refractivity contribution is 7.21. The highest BCUT2D eigenvalue weighted by Crippen LogP contribution is 2.40. The smallest absolute Gasteiger partial charge is 0.349 e. The fourth-order valence-electron chi connectivity index (χ4n) is 1.64. The highest BCUT2D eigenvalue weighted by atomic mass is 32.1. The molecule has 1 aromatic heterocycles. The quantitative estimate of drug-likeness (QED) is 0.929. The van der Waals surface area contributed by atoms with E-state index < -0.39 is 12.1 Å². The number of methoxy groups -OCH3 is 1. The number of hydrogen-bond donors (Lipinski definition) is 1. The largest absolute Gasteiger partial charge is 0.497 e. The Morgan fingerprint density at radius 1 is 1.53 bits per heavy atom. The van der Waals surface area contributed by atoms with Crippen LogP contribution in [-0.4, -0.2) is 24.3 Å². The molecule has 0 saturated carbocycles. The van der Waals surface area contributed by atoms with Gasteiger partial charge in [-0.2, -0.15) is 5.26 Å². The zero-order valence-electron chi connectivity index (χ0n) is 10.3. The van der Waals surface area contributed by atoms with E-state index in [1.54, 1.807) is 25.1 Å². The third-order valence-electron chi connectivity index (χ3n) is 2.52. The van der Waals surface area contributed by atoms with Crippen molar-refractivity contribution < 1.29 is 19.4 Å². The Morgan fingerprint density at radius 2 is 2.26 bits per heavy atom. The van der Waals surface area contributed by atoms with Gasteiger partial charge in [0.15, 0.2) is 16.7 Å². The molecule has 0 radical (unpaired) electrons. The van der Waals surface area contributed by atoms with Crippen molar-refractivity contribution in [2.75, 3.05) is 7.11 Å². The number of carboxylic acids is 1. The van der Waals surface area contributed by atoms with Crippen molar-refractivity contribution in [2.24, 2.45) is 0 Å². The van der Waals surface area contributed by atoms with Crippen molar-refractivity contribution in [1.29, 1.82) is 5.26 Å². The lowest BCUT2D eigenvalue weighted by Crippen LogP contribution is -2.10. The maximum absolute atomic E-state index is 11.2. The van der Waals surface area contributed by atoms with Gasteiger partial charge in [-0.15, -0.1) is 11.3 Å².